The second kappa shape index (κ2) is 7.99. The Hall–Kier alpha value is -1.60. The van der Waals surface area contributed by atoms with Crippen LogP contribution in [0.4, 0.5) is 4.39 Å². The van der Waals surface area contributed by atoms with Gasteiger partial charge in [0.05, 0.1) is 18.1 Å². The topological polar surface area (TPSA) is 59.0 Å². The summed E-state index contributed by atoms with van der Waals surface area (Å²) in [7, 11) is 0. The first kappa shape index (κ1) is 17.5. The number of rotatable bonds is 8. The van der Waals surface area contributed by atoms with Crippen LogP contribution in [-0.2, 0) is 6.42 Å². The third-order valence-corrected chi connectivity index (χ3v) is 3.32. The van der Waals surface area contributed by atoms with Gasteiger partial charge in [-0.1, -0.05) is 0 Å². The van der Waals surface area contributed by atoms with E-state index in [0.29, 0.717) is 18.8 Å². The van der Waals surface area contributed by atoms with Gasteiger partial charge in [0, 0.05) is 6.04 Å². The highest BCUT2D eigenvalue weighted by molar-refractivity contribution is 5.34. The van der Waals surface area contributed by atoms with Crippen LogP contribution < -0.4 is 10.5 Å². The lowest BCUT2D eigenvalue weighted by atomic mass is 9.89. The highest BCUT2D eigenvalue weighted by Gasteiger charge is 2.15. The van der Waals surface area contributed by atoms with Gasteiger partial charge in [-0.2, -0.15) is 5.26 Å². The van der Waals surface area contributed by atoms with E-state index >= 15 is 0 Å². The molecule has 116 valence electrons. The molecular weight excluding hydrogens is 267 g/mol. The predicted octanol–water partition coefficient (Wildman–Crippen LogP) is 3.81. The number of unbranched alkanes of at least 4 members (excludes halogenated alkanes) is 1. The molecule has 4 heteroatoms. The zero-order valence-corrected chi connectivity index (χ0v) is 13.2. The van der Waals surface area contributed by atoms with Crippen molar-refractivity contribution in [1.29, 1.82) is 5.26 Å². The molecule has 0 saturated heterocycles. The molecule has 0 aliphatic heterocycles. The van der Waals surface area contributed by atoms with E-state index in [1.54, 1.807) is 6.07 Å². The number of hydrogen-bond acceptors (Lipinski definition) is 3. The van der Waals surface area contributed by atoms with Gasteiger partial charge in [-0.15, -0.1) is 0 Å². The van der Waals surface area contributed by atoms with Crippen LogP contribution in [0.25, 0.3) is 0 Å². The standard InChI is InChI=1S/C17H25FN2O/c1-13(20)10-14-11-15(18)6-7-16(14)21-9-5-4-8-17(2,3)12-19/h6-7,11,13H,4-5,8-10,20H2,1-3H3. The molecule has 0 bridgehead atoms. The Kier molecular flexibility index (Phi) is 6.64. The Bertz CT molecular complexity index is 492. The molecule has 0 heterocycles. The van der Waals surface area contributed by atoms with Crippen LogP contribution in [0.2, 0.25) is 0 Å². The highest BCUT2D eigenvalue weighted by Crippen LogP contribution is 2.23. The van der Waals surface area contributed by atoms with Gasteiger partial charge in [-0.25, -0.2) is 4.39 Å². The van der Waals surface area contributed by atoms with Gasteiger partial charge in [-0.05, 0) is 70.2 Å². The quantitative estimate of drug-likeness (QED) is 0.741. The van der Waals surface area contributed by atoms with Crippen LogP contribution in [0.5, 0.6) is 5.75 Å². The number of nitrogens with two attached hydrogens (primary N) is 1. The van der Waals surface area contributed by atoms with Gasteiger partial charge in [0.25, 0.3) is 0 Å². The molecule has 1 unspecified atom stereocenters. The van der Waals surface area contributed by atoms with E-state index in [-0.39, 0.29) is 17.3 Å². The van der Waals surface area contributed by atoms with Gasteiger partial charge in [-0.3, -0.25) is 0 Å². The summed E-state index contributed by atoms with van der Waals surface area (Å²) in [6.07, 6.45) is 3.25. The van der Waals surface area contributed by atoms with Crippen molar-refractivity contribution in [1.82, 2.24) is 0 Å². The minimum Gasteiger partial charge on any atom is -0.493 e. The fourth-order valence-corrected chi connectivity index (χ4v) is 2.10. The summed E-state index contributed by atoms with van der Waals surface area (Å²) in [5.74, 6) is 0.432. The second-order valence-corrected chi connectivity index (χ2v) is 6.23. The first-order valence-corrected chi connectivity index (χ1v) is 7.42. The second-order valence-electron chi connectivity index (χ2n) is 6.23. The molecule has 1 aromatic rings. The Morgan fingerprint density at radius 2 is 2.10 bits per heavy atom. The van der Waals surface area contributed by atoms with Crippen molar-refractivity contribution in [3.8, 4) is 11.8 Å². The van der Waals surface area contributed by atoms with E-state index in [0.717, 1.165) is 24.8 Å². The van der Waals surface area contributed by atoms with E-state index < -0.39 is 0 Å². The van der Waals surface area contributed by atoms with Gasteiger partial charge in [0.2, 0.25) is 0 Å². The molecule has 0 saturated carbocycles. The fraction of sp³-hybridized carbons (Fsp3) is 0.588. The molecule has 1 rings (SSSR count). The number of ether oxygens (including phenoxy) is 1. The summed E-state index contributed by atoms with van der Waals surface area (Å²) in [5, 5.41) is 8.95. The molecule has 0 radical (unpaired) electrons. The lowest BCUT2D eigenvalue weighted by Gasteiger charge is -2.16. The first-order valence-electron chi connectivity index (χ1n) is 7.42. The average Bonchev–Trinajstić information content (AvgIpc) is 2.40. The summed E-state index contributed by atoms with van der Waals surface area (Å²) in [6, 6.07) is 6.80. The fourth-order valence-electron chi connectivity index (χ4n) is 2.10. The summed E-state index contributed by atoms with van der Waals surface area (Å²) in [4.78, 5) is 0. The molecule has 0 aromatic heterocycles. The maximum Gasteiger partial charge on any atom is 0.123 e. The molecule has 0 aliphatic rings. The van der Waals surface area contributed by atoms with E-state index in [9.17, 15) is 4.39 Å². The molecule has 0 spiro atoms. The first-order chi connectivity index (χ1) is 9.84. The number of benzene rings is 1. The average molecular weight is 292 g/mol. The monoisotopic (exact) mass is 292 g/mol. The number of hydrogen-bond donors (Lipinski definition) is 1. The summed E-state index contributed by atoms with van der Waals surface area (Å²) >= 11 is 0. The third kappa shape index (κ3) is 6.59. The maximum atomic E-state index is 13.3. The number of nitrogens with zero attached hydrogens (tertiary/aromatic N) is 1. The normalized spacial score (nSPS) is 12.8. The summed E-state index contributed by atoms with van der Waals surface area (Å²) < 4.78 is 19.0. The minimum absolute atomic E-state index is 0.0365. The Morgan fingerprint density at radius 3 is 2.71 bits per heavy atom. The van der Waals surface area contributed by atoms with Crippen LogP contribution in [0, 0.1) is 22.6 Å². The van der Waals surface area contributed by atoms with Gasteiger partial charge < -0.3 is 10.5 Å². The van der Waals surface area contributed by atoms with Crippen LogP contribution in [0.15, 0.2) is 18.2 Å². The number of nitriles is 1. The Morgan fingerprint density at radius 1 is 1.38 bits per heavy atom. The van der Waals surface area contributed by atoms with Gasteiger partial charge >= 0.3 is 0 Å². The zero-order chi connectivity index (χ0) is 15.9. The van der Waals surface area contributed by atoms with Crippen molar-refractivity contribution in [3.63, 3.8) is 0 Å². The van der Waals surface area contributed by atoms with Crippen LogP contribution in [0.3, 0.4) is 0 Å². The highest BCUT2D eigenvalue weighted by atomic mass is 19.1. The van der Waals surface area contributed by atoms with Crippen molar-refractivity contribution in [2.75, 3.05) is 6.61 Å². The van der Waals surface area contributed by atoms with Crippen LogP contribution in [-0.4, -0.2) is 12.6 Å². The predicted molar refractivity (Wildman–Crippen MR) is 82.5 cm³/mol. The molecule has 21 heavy (non-hydrogen) atoms. The zero-order valence-electron chi connectivity index (χ0n) is 13.2. The van der Waals surface area contributed by atoms with E-state index in [1.807, 2.05) is 20.8 Å². The molecule has 1 aromatic carbocycles. The molecule has 3 nitrogen and oxygen atoms in total. The maximum absolute atomic E-state index is 13.3. The van der Waals surface area contributed by atoms with Crippen molar-refractivity contribution in [2.24, 2.45) is 11.1 Å². The lowest BCUT2D eigenvalue weighted by Crippen LogP contribution is -2.18. The number of halogens is 1. The summed E-state index contributed by atoms with van der Waals surface area (Å²) in [6.45, 7) is 6.33. The lowest BCUT2D eigenvalue weighted by molar-refractivity contribution is 0.291. The smallest absolute Gasteiger partial charge is 0.123 e. The van der Waals surface area contributed by atoms with E-state index in [1.165, 1.54) is 12.1 Å². The van der Waals surface area contributed by atoms with Crippen LogP contribution >= 0.6 is 0 Å². The molecular formula is C17H25FN2O. The molecule has 1 atom stereocenters. The van der Waals surface area contributed by atoms with E-state index in [4.69, 9.17) is 15.7 Å². The van der Waals surface area contributed by atoms with Crippen molar-refractivity contribution in [3.05, 3.63) is 29.6 Å². The van der Waals surface area contributed by atoms with Crippen molar-refractivity contribution >= 4 is 0 Å². The third-order valence-electron chi connectivity index (χ3n) is 3.32. The molecule has 0 aliphatic carbocycles. The van der Waals surface area contributed by atoms with E-state index in [2.05, 4.69) is 6.07 Å². The SMILES string of the molecule is CC(N)Cc1cc(F)ccc1OCCCCC(C)(C)C#N. The van der Waals surface area contributed by atoms with Crippen molar-refractivity contribution in [2.45, 2.75) is 52.5 Å². The van der Waals surface area contributed by atoms with Crippen LogP contribution in [0.1, 0.15) is 45.6 Å². The minimum atomic E-state index is -0.282. The van der Waals surface area contributed by atoms with Crippen molar-refractivity contribution < 1.29 is 9.13 Å². The Labute approximate surface area is 126 Å². The van der Waals surface area contributed by atoms with Gasteiger partial charge in [0.1, 0.15) is 11.6 Å². The molecule has 0 fully saturated rings. The molecule has 0 amide bonds. The van der Waals surface area contributed by atoms with Gasteiger partial charge in [0.15, 0.2) is 0 Å². The summed E-state index contributed by atoms with van der Waals surface area (Å²) in [5.41, 5.74) is 6.30. The largest absolute Gasteiger partial charge is 0.493 e. The Balaban J connectivity index is 2.47. The molecule has 2 N–H and O–H groups in total.